The van der Waals surface area contributed by atoms with Gasteiger partial charge in [-0.2, -0.15) is 0 Å². The quantitative estimate of drug-likeness (QED) is 0.696. The van der Waals surface area contributed by atoms with E-state index in [0.29, 0.717) is 0 Å². The van der Waals surface area contributed by atoms with Gasteiger partial charge in [-0.25, -0.2) is 0 Å². The minimum Gasteiger partial charge on any atom is -0.289 e. The highest BCUT2D eigenvalue weighted by Gasteiger charge is 2.26. The van der Waals surface area contributed by atoms with Gasteiger partial charge in [0.15, 0.2) is 5.78 Å². The molecule has 0 aliphatic heterocycles. The Balaban J connectivity index is 1.96. The van der Waals surface area contributed by atoms with Gasteiger partial charge in [0.05, 0.1) is 0 Å². The van der Waals surface area contributed by atoms with Crippen molar-refractivity contribution < 1.29 is 4.79 Å². The molecular formula is C17H16OS. The van der Waals surface area contributed by atoms with Crippen LogP contribution in [0.1, 0.15) is 36.8 Å². The predicted molar refractivity (Wildman–Crippen MR) is 81.0 cm³/mol. The summed E-state index contributed by atoms with van der Waals surface area (Å²) in [5.74, 6) is 0.206. The Morgan fingerprint density at radius 2 is 1.89 bits per heavy atom. The number of hydrogen-bond acceptors (Lipinski definition) is 2. The maximum atomic E-state index is 12.3. The molecule has 1 aliphatic rings. The van der Waals surface area contributed by atoms with Crippen LogP contribution in [0, 0.1) is 20.8 Å². The van der Waals surface area contributed by atoms with Crippen molar-refractivity contribution in [1.29, 1.82) is 0 Å². The Bertz CT molecular complexity index is 704. The van der Waals surface area contributed by atoms with Gasteiger partial charge in [-0.15, -0.1) is 11.3 Å². The van der Waals surface area contributed by atoms with Crippen molar-refractivity contribution in [1.82, 2.24) is 0 Å². The van der Waals surface area contributed by atoms with Crippen LogP contribution in [0.5, 0.6) is 0 Å². The third-order valence-corrected chi connectivity index (χ3v) is 4.74. The monoisotopic (exact) mass is 268 g/mol. The zero-order chi connectivity index (χ0) is 13.6. The van der Waals surface area contributed by atoms with Crippen molar-refractivity contribution in [2.75, 3.05) is 0 Å². The van der Waals surface area contributed by atoms with Crippen LogP contribution < -0.4 is 0 Å². The number of rotatable bonds is 1. The molecule has 0 bridgehead atoms. The molecule has 1 aromatic carbocycles. The summed E-state index contributed by atoms with van der Waals surface area (Å²) < 4.78 is 0. The van der Waals surface area contributed by atoms with E-state index in [1.165, 1.54) is 20.9 Å². The first-order chi connectivity index (χ1) is 9.04. The zero-order valence-electron chi connectivity index (χ0n) is 11.4. The lowest BCUT2D eigenvalue weighted by Crippen LogP contribution is -1.95. The Morgan fingerprint density at radius 3 is 2.58 bits per heavy atom. The van der Waals surface area contributed by atoms with Gasteiger partial charge < -0.3 is 0 Å². The molecule has 0 saturated carbocycles. The van der Waals surface area contributed by atoms with Crippen LogP contribution in [0.4, 0.5) is 0 Å². The molecule has 2 heteroatoms. The molecule has 19 heavy (non-hydrogen) atoms. The third kappa shape index (κ3) is 2.17. The number of fused-ring (bicyclic) bond motifs is 1. The molecule has 0 spiro atoms. The highest BCUT2D eigenvalue weighted by molar-refractivity contribution is 7.12. The molecule has 0 atom stereocenters. The smallest absolute Gasteiger partial charge is 0.190 e. The molecule has 1 aromatic heterocycles. The summed E-state index contributed by atoms with van der Waals surface area (Å²) in [7, 11) is 0. The molecule has 0 fully saturated rings. The van der Waals surface area contributed by atoms with Crippen LogP contribution in [0.15, 0.2) is 29.8 Å². The van der Waals surface area contributed by atoms with Gasteiger partial charge in [-0.1, -0.05) is 18.2 Å². The second-order valence-electron chi connectivity index (χ2n) is 5.21. The highest BCUT2D eigenvalue weighted by atomic mass is 32.1. The average Bonchev–Trinajstić information content (AvgIpc) is 2.84. The van der Waals surface area contributed by atoms with Crippen molar-refractivity contribution in [2.45, 2.75) is 27.2 Å². The topological polar surface area (TPSA) is 17.1 Å². The molecule has 96 valence electrons. The van der Waals surface area contributed by atoms with Crippen LogP contribution in [0.25, 0.3) is 6.08 Å². The molecule has 1 nitrogen and oxygen atoms in total. The molecule has 0 saturated heterocycles. The summed E-state index contributed by atoms with van der Waals surface area (Å²) in [6.07, 6.45) is 2.83. The van der Waals surface area contributed by atoms with E-state index in [1.807, 2.05) is 12.1 Å². The Kier molecular flexibility index (Phi) is 2.90. The maximum absolute atomic E-state index is 12.3. The Morgan fingerprint density at radius 1 is 1.11 bits per heavy atom. The zero-order valence-corrected chi connectivity index (χ0v) is 12.2. The number of aryl methyl sites for hydroxylation is 3. The Hall–Kier alpha value is -1.67. The fraction of sp³-hybridized carbons (Fsp3) is 0.235. The van der Waals surface area contributed by atoms with Crippen LogP contribution >= 0.6 is 11.3 Å². The van der Waals surface area contributed by atoms with E-state index >= 15 is 0 Å². The van der Waals surface area contributed by atoms with E-state index < -0.39 is 0 Å². The van der Waals surface area contributed by atoms with Crippen LogP contribution in [-0.4, -0.2) is 5.78 Å². The first kappa shape index (κ1) is 12.4. The molecule has 1 heterocycles. The second kappa shape index (κ2) is 4.46. The van der Waals surface area contributed by atoms with Gasteiger partial charge in [0.1, 0.15) is 0 Å². The van der Waals surface area contributed by atoms with Gasteiger partial charge in [0.2, 0.25) is 0 Å². The van der Waals surface area contributed by atoms with Gasteiger partial charge >= 0.3 is 0 Å². The summed E-state index contributed by atoms with van der Waals surface area (Å²) in [4.78, 5) is 14.8. The van der Waals surface area contributed by atoms with E-state index in [0.717, 1.165) is 23.1 Å². The van der Waals surface area contributed by atoms with Crippen molar-refractivity contribution in [2.24, 2.45) is 0 Å². The van der Waals surface area contributed by atoms with Gasteiger partial charge in [-0.3, -0.25) is 4.79 Å². The third-order valence-electron chi connectivity index (χ3n) is 3.69. The number of allylic oxidation sites excluding steroid dienone is 1. The molecule has 2 aromatic rings. The number of benzene rings is 1. The minimum atomic E-state index is 0.206. The SMILES string of the molecule is Cc1cc2c(s1)C/C(=C\c1ccc(C)c(C)c1)C2=O. The molecule has 0 N–H and O–H groups in total. The summed E-state index contributed by atoms with van der Waals surface area (Å²) >= 11 is 1.74. The van der Waals surface area contributed by atoms with Crippen LogP contribution in [0.2, 0.25) is 0 Å². The van der Waals surface area contributed by atoms with Gasteiger partial charge in [0, 0.05) is 27.3 Å². The summed E-state index contributed by atoms with van der Waals surface area (Å²) in [6.45, 7) is 6.27. The molecule has 0 radical (unpaired) electrons. The lowest BCUT2D eigenvalue weighted by molar-refractivity contribution is 0.104. The van der Waals surface area contributed by atoms with E-state index in [2.05, 4.69) is 39.0 Å². The highest BCUT2D eigenvalue weighted by Crippen LogP contribution is 2.34. The normalized spacial score (nSPS) is 16.2. The fourth-order valence-corrected chi connectivity index (χ4v) is 3.54. The number of carbonyl (C=O) groups is 1. The predicted octanol–water partition coefficient (Wildman–Crippen LogP) is 4.50. The standard InChI is InChI=1S/C17H16OS/c1-10-4-5-13(6-11(10)2)8-14-9-16-15(17(14)18)7-12(3)19-16/h4-8H,9H2,1-3H3/b14-8+. The maximum Gasteiger partial charge on any atom is 0.190 e. The Labute approximate surface area is 117 Å². The summed E-state index contributed by atoms with van der Waals surface area (Å²) in [6, 6.07) is 8.36. The first-order valence-electron chi connectivity index (χ1n) is 6.46. The number of Topliss-reactive ketones (excluding diaryl/α,β-unsaturated/α-hetero) is 1. The molecule has 3 rings (SSSR count). The van der Waals surface area contributed by atoms with E-state index in [9.17, 15) is 4.79 Å². The number of thiophene rings is 1. The first-order valence-corrected chi connectivity index (χ1v) is 7.28. The van der Waals surface area contributed by atoms with Gasteiger partial charge in [0.25, 0.3) is 0 Å². The van der Waals surface area contributed by atoms with Crippen molar-refractivity contribution in [3.8, 4) is 0 Å². The molecule has 1 aliphatic carbocycles. The average molecular weight is 268 g/mol. The van der Waals surface area contributed by atoms with Gasteiger partial charge in [-0.05, 0) is 49.6 Å². The number of hydrogen-bond donors (Lipinski definition) is 0. The van der Waals surface area contributed by atoms with Crippen molar-refractivity contribution in [3.63, 3.8) is 0 Å². The van der Waals surface area contributed by atoms with E-state index in [-0.39, 0.29) is 5.78 Å². The number of carbonyl (C=O) groups excluding carboxylic acids is 1. The van der Waals surface area contributed by atoms with E-state index in [1.54, 1.807) is 11.3 Å². The molecule has 0 amide bonds. The van der Waals surface area contributed by atoms with Crippen LogP contribution in [-0.2, 0) is 6.42 Å². The summed E-state index contributed by atoms with van der Waals surface area (Å²) in [5.41, 5.74) is 5.51. The lowest BCUT2D eigenvalue weighted by atomic mass is 10.0. The largest absolute Gasteiger partial charge is 0.289 e. The second-order valence-corrected chi connectivity index (χ2v) is 6.55. The van der Waals surface area contributed by atoms with Crippen LogP contribution in [0.3, 0.4) is 0 Å². The lowest BCUT2D eigenvalue weighted by Gasteiger charge is -2.02. The van der Waals surface area contributed by atoms with E-state index in [4.69, 9.17) is 0 Å². The van der Waals surface area contributed by atoms with Crippen molar-refractivity contribution >= 4 is 23.2 Å². The summed E-state index contributed by atoms with van der Waals surface area (Å²) in [5, 5.41) is 0. The number of ketones is 1. The fourth-order valence-electron chi connectivity index (χ4n) is 2.48. The van der Waals surface area contributed by atoms with Crippen molar-refractivity contribution in [3.05, 3.63) is 61.8 Å². The minimum absolute atomic E-state index is 0.206. The molecule has 0 unspecified atom stereocenters. The molecular weight excluding hydrogens is 252 g/mol.